The minimum atomic E-state index is -1.12. The Morgan fingerprint density at radius 1 is 0.750 bits per heavy atom. The van der Waals surface area contributed by atoms with Gasteiger partial charge in [-0.3, -0.25) is 14.4 Å². The minimum Gasteiger partial charge on any atom is -0.481 e. The highest BCUT2D eigenvalue weighted by Crippen LogP contribution is 2.71. The van der Waals surface area contributed by atoms with E-state index in [9.17, 15) is 24.6 Å². The zero-order valence-electron chi connectivity index (χ0n) is 35.3. The smallest absolute Gasteiger partial charge is 0.309 e. The molecule has 6 nitrogen and oxygen atoms in total. The molecule has 5 aliphatic carbocycles. The topological polar surface area (TPSA) is 101 Å². The Balaban J connectivity index is -0.00000142. The summed E-state index contributed by atoms with van der Waals surface area (Å²) in [6.45, 7) is 27.7. The van der Waals surface area contributed by atoms with Crippen molar-refractivity contribution >= 4 is 17.9 Å². The third kappa shape index (κ3) is 11.2. The van der Waals surface area contributed by atoms with Crippen LogP contribution in [0, 0.1) is 95.7 Å². The summed E-state index contributed by atoms with van der Waals surface area (Å²) in [7, 11) is 0. The number of hydrogen-bond donors (Lipinski definition) is 2. The molecule has 10 unspecified atom stereocenters. The molecule has 298 valence electrons. The maximum absolute atomic E-state index is 12.7. The van der Waals surface area contributed by atoms with Crippen molar-refractivity contribution in [2.45, 2.75) is 166 Å². The van der Waals surface area contributed by atoms with E-state index in [0.717, 1.165) is 51.4 Å². The monoisotopic (exact) mass is 727 g/mol. The predicted molar refractivity (Wildman–Crippen MR) is 219 cm³/mol. The zero-order chi connectivity index (χ0) is 41.7. The first-order valence-electron chi connectivity index (χ1n) is 19.9. The summed E-state index contributed by atoms with van der Waals surface area (Å²) in [5.74, 6) is 1.02. The van der Waals surface area contributed by atoms with Crippen LogP contribution in [0.25, 0.3) is 0 Å². The van der Waals surface area contributed by atoms with Crippen molar-refractivity contribution in [2.24, 2.45) is 57.2 Å². The molecule has 5 aliphatic rings. The second-order valence-corrected chi connectivity index (χ2v) is 15.3. The Hall–Kier alpha value is -3.17. The summed E-state index contributed by atoms with van der Waals surface area (Å²) in [5, 5.41) is 19.6. The molecule has 0 aromatic heterocycles. The minimum absolute atomic E-state index is 0.101. The molecule has 0 aliphatic heterocycles. The molecular weight excluding hydrogens is 649 g/mol. The number of aliphatic carboxylic acids is 2. The third-order valence-electron chi connectivity index (χ3n) is 12.9. The van der Waals surface area contributed by atoms with Crippen molar-refractivity contribution in [1.82, 2.24) is 0 Å². The number of terminal acetylenes is 3. The lowest BCUT2D eigenvalue weighted by Gasteiger charge is -2.67. The molecule has 5 rings (SSSR count). The SMILES string of the molecule is C#C.C#C.C#C.C=CC.CC.CC.CC.CC1C(OC(=O)CC(C)(C)C(=O)O)CCC2(C)C1CCC1(C)C3CCC4(C(=O)O)CCCC4C3CCC21. The standard InChI is InChI=1S/C31H48O6.C3H6.3C2H6.3C2H2/c1-18-20-10-14-30(5)21-11-16-31(27(35)36)13-6-7-22(31)19(21)8-9-24(30)29(20,4)15-12-23(18)37-25(32)17-28(2,3)26(33)34;1-3-2;6*1-2/h18-24H,6-17H2,1-5H3,(H,33,34)(H,35,36);3H,1H2,2H3;3*1-2H3;3*1-2H. The highest BCUT2D eigenvalue weighted by molar-refractivity contribution is 5.81. The molecule has 0 aromatic carbocycles. The highest BCUT2D eigenvalue weighted by Gasteiger charge is 2.66. The van der Waals surface area contributed by atoms with Crippen LogP contribution in [0.15, 0.2) is 12.7 Å². The molecule has 0 spiro atoms. The van der Waals surface area contributed by atoms with Crippen LogP contribution in [0.1, 0.15) is 160 Å². The molecule has 0 heterocycles. The lowest BCUT2D eigenvalue weighted by Crippen LogP contribution is -2.61. The molecule has 0 radical (unpaired) electrons. The summed E-state index contributed by atoms with van der Waals surface area (Å²) in [6, 6.07) is 0. The lowest BCUT2D eigenvalue weighted by molar-refractivity contribution is -0.205. The molecule has 0 saturated heterocycles. The Kier molecular flexibility index (Phi) is 25.5. The number of rotatable bonds is 5. The van der Waals surface area contributed by atoms with Crippen molar-refractivity contribution < 1.29 is 29.3 Å². The first-order chi connectivity index (χ1) is 24.7. The van der Waals surface area contributed by atoms with E-state index in [1.54, 1.807) is 19.9 Å². The van der Waals surface area contributed by atoms with Gasteiger partial charge < -0.3 is 14.9 Å². The second-order valence-electron chi connectivity index (χ2n) is 15.3. The van der Waals surface area contributed by atoms with Crippen molar-refractivity contribution in [3.63, 3.8) is 0 Å². The normalized spacial score (nSPS) is 34.2. The van der Waals surface area contributed by atoms with E-state index in [-0.39, 0.29) is 29.3 Å². The molecule has 52 heavy (non-hydrogen) atoms. The van der Waals surface area contributed by atoms with Crippen molar-refractivity contribution in [1.29, 1.82) is 0 Å². The number of allylic oxidation sites excluding steroid dienone is 1. The number of carboxylic acid groups (broad SMARTS) is 2. The predicted octanol–water partition coefficient (Wildman–Crippen LogP) is 11.6. The van der Waals surface area contributed by atoms with E-state index in [4.69, 9.17) is 4.74 Å². The highest BCUT2D eigenvalue weighted by atomic mass is 16.5. The van der Waals surface area contributed by atoms with Crippen molar-refractivity contribution in [3.8, 4) is 38.5 Å². The number of esters is 1. The van der Waals surface area contributed by atoms with Crippen LogP contribution in [-0.2, 0) is 19.1 Å². The number of carbonyl (C=O) groups is 3. The number of fused-ring (bicyclic) bond motifs is 7. The Morgan fingerprint density at radius 3 is 1.69 bits per heavy atom. The van der Waals surface area contributed by atoms with Gasteiger partial charge in [0.2, 0.25) is 0 Å². The first kappa shape index (κ1) is 53.2. The van der Waals surface area contributed by atoms with Gasteiger partial charge in [-0.1, -0.05) is 74.8 Å². The van der Waals surface area contributed by atoms with E-state index in [2.05, 4.69) is 65.9 Å². The molecule has 2 N–H and O–H groups in total. The molecule has 5 saturated carbocycles. The summed E-state index contributed by atoms with van der Waals surface area (Å²) in [6.07, 6.45) is 37.0. The van der Waals surface area contributed by atoms with Gasteiger partial charge >= 0.3 is 17.9 Å². The van der Waals surface area contributed by atoms with E-state index in [1.165, 1.54) is 19.3 Å². The van der Waals surface area contributed by atoms with Crippen LogP contribution in [0.4, 0.5) is 0 Å². The average molecular weight is 727 g/mol. The number of carbonyl (C=O) groups excluding carboxylic acids is 1. The fourth-order valence-electron chi connectivity index (χ4n) is 11.0. The van der Waals surface area contributed by atoms with Gasteiger partial charge in [-0.2, -0.15) is 0 Å². The van der Waals surface area contributed by atoms with Crippen LogP contribution in [-0.4, -0.2) is 34.2 Å². The Morgan fingerprint density at radius 2 is 1.21 bits per heavy atom. The van der Waals surface area contributed by atoms with Crippen molar-refractivity contribution in [2.75, 3.05) is 0 Å². The summed E-state index contributed by atoms with van der Waals surface area (Å²) < 4.78 is 5.95. The Labute approximate surface area is 321 Å². The van der Waals surface area contributed by atoms with Gasteiger partial charge in [0, 0.05) is 0 Å². The van der Waals surface area contributed by atoms with E-state index < -0.39 is 28.7 Å². The maximum atomic E-state index is 12.7. The van der Waals surface area contributed by atoms with Gasteiger partial charge in [-0.15, -0.1) is 45.1 Å². The Bertz CT molecular complexity index is 1120. The molecular formula is C46H78O6. The molecule has 0 bridgehead atoms. The first-order valence-corrected chi connectivity index (χ1v) is 19.9. The molecule has 6 heteroatoms. The zero-order valence-corrected chi connectivity index (χ0v) is 35.3. The van der Waals surface area contributed by atoms with Gasteiger partial charge in [-0.05, 0) is 131 Å². The van der Waals surface area contributed by atoms with Crippen LogP contribution in [0.3, 0.4) is 0 Å². The summed E-state index contributed by atoms with van der Waals surface area (Å²) in [5.41, 5.74) is -1.11. The van der Waals surface area contributed by atoms with E-state index in [1.807, 2.05) is 48.5 Å². The van der Waals surface area contributed by atoms with Crippen LogP contribution >= 0.6 is 0 Å². The number of hydrogen-bond acceptors (Lipinski definition) is 4. The molecule has 0 aromatic rings. The van der Waals surface area contributed by atoms with Crippen molar-refractivity contribution in [3.05, 3.63) is 12.7 Å². The van der Waals surface area contributed by atoms with Gasteiger partial charge in [0.15, 0.2) is 0 Å². The molecule has 10 atom stereocenters. The van der Waals surface area contributed by atoms with Gasteiger partial charge in [0.1, 0.15) is 6.10 Å². The van der Waals surface area contributed by atoms with Crippen LogP contribution in [0.5, 0.6) is 0 Å². The fourth-order valence-corrected chi connectivity index (χ4v) is 11.0. The van der Waals surface area contributed by atoms with E-state index >= 15 is 0 Å². The van der Waals surface area contributed by atoms with E-state index in [0.29, 0.717) is 29.6 Å². The molecule has 5 fully saturated rings. The summed E-state index contributed by atoms with van der Waals surface area (Å²) >= 11 is 0. The lowest BCUT2D eigenvalue weighted by atomic mass is 9.37. The fraction of sp³-hybridized carbons (Fsp3) is 0.761. The largest absolute Gasteiger partial charge is 0.481 e. The van der Waals surface area contributed by atoms with Gasteiger partial charge in [-0.25, -0.2) is 0 Å². The number of carboxylic acids is 2. The average Bonchev–Trinajstić information content (AvgIpc) is 3.61. The van der Waals surface area contributed by atoms with Crippen LogP contribution in [0.2, 0.25) is 0 Å². The maximum Gasteiger partial charge on any atom is 0.309 e. The van der Waals surface area contributed by atoms with Gasteiger partial charge in [0.25, 0.3) is 0 Å². The van der Waals surface area contributed by atoms with Crippen LogP contribution < -0.4 is 0 Å². The second kappa shape index (κ2) is 25.0. The third-order valence-corrected chi connectivity index (χ3v) is 12.9. The summed E-state index contributed by atoms with van der Waals surface area (Å²) in [4.78, 5) is 36.6. The quantitative estimate of drug-likeness (QED) is 0.166. The molecule has 0 amide bonds. The number of ether oxygens (including phenoxy) is 1. The van der Waals surface area contributed by atoms with Gasteiger partial charge in [0.05, 0.1) is 17.3 Å².